The summed E-state index contributed by atoms with van der Waals surface area (Å²) in [4.78, 5) is 24.3. The average molecular weight is 373 g/mol. The van der Waals surface area contributed by atoms with E-state index in [1.165, 1.54) is 0 Å². The molecule has 1 aliphatic rings. The number of hydrogen-bond donors (Lipinski definition) is 2. The van der Waals surface area contributed by atoms with Crippen molar-refractivity contribution in [2.75, 3.05) is 5.32 Å². The van der Waals surface area contributed by atoms with Crippen molar-refractivity contribution in [2.45, 2.75) is 13.0 Å². The van der Waals surface area contributed by atoms with Crippen LogP contribution in [0.3, 0.4) is 0 Å². The van der Waals surface area contributed by atoms with E-state index in [1.54, 1.807) is 0 Å². The molecule has 1 saturated carbocycles. The Morgan fingerprint density at radius 1 is 0.957 bits per heavy atom. The van der Waals surface area contributed by atoms with E-state index in [4.69, 9.17) is 0 Å². The minimum Gasteiger partial charge on any atom is -0.352 e. The van der Waals surface area contributed by atoms with Gasteiger partial charge >= 0.3 is 0 Å². The van der Waals surface area contributed by atoms with Gasteiger partial charge in [0, 0.05) is 11.0 Å². The Balaban J connectivity index is 1.49. The molecule has 118 valence electrons. The molecule has 0 bridgehead atoms. The molecule has 23 heavy (non-hydrogen) atoms. The summed E-state index contributed by atoms with van der Waals surface area (Å²) in [6.45, 7) is 0.495. The minimum absolute atomic E-state index is 0.0545. The van der Waals surface area contributed by atoms with Crippen molar-refractivity contribution in [3.8, 4) is 0 Å². The number of amides is 2. The second kappa shape index (κ2) is 6.96. The first kappa shape index (κ1) is 15.7. The first-order valence-corrected chi connectivity index (χ1v) is 8.31. The van der Waals surface area contributed by atoms with E-state index in [1.807, 2.05) is 54.6 Å². The monoisotopic (exact) mass is 372 g/mol. The molecule has 2 atom stereocenters. The third-order valence-corrected chi connectivity index (χ3v) is 4.60. The van der Waals surface area contributed by atoms with Crippen LogP contribution >= 0.6 is 15.9 Å². The molecule has 4 nitrogen and oxygen atoms in total. The third kappa shape index (κ3) is 3.99. The van der Waals surface area contributed by atoms with Crippen LogP contribution in [0.4, 0.5) is 5.69 Å². The van der Waals surface area contributed by atoms with E-state index in [2.05, 4.69) is 26.6 Å². The fraction of sp³-hybridized carbons (Fsp3) is 0.222. The van der Waals surface area contributed by atoms with E-state index in [0.29, 0.717) is 13.0 Å². The highest BCUT2D eigenvalue weighted by molar-refractivity contribution is 9.10. The van der Waals surface area contributed by atoms with Crippen LogP contribution in [0, 0.1) is 11.8 Å². The second-order valence-corrected chi connectivity index (χ2v) is 6.48. The molecule has 2 aromatic carbocycles. The molecule has 2 unspecified atom stereocenters. The smallest absolute Gasteiger partial charge is 0.228 e. The van der Waals surface area contributed by atoms with Crippen molar-refractivity contribution in [3.05, 3.63) is 64.6 Å². The number of carbonyl (C=O) groups is 2. The van der Waals surface area contributed by atoms with Crippen LogP contribution in [-0.2, 0) is 16.1 Å². The number of hydrogen-bond acceptors (Lipinski definition) is 2. The van der Waals surface area contributed by atoms with Gasteiger partial charge in [-0.25, -0.2) is 0 Å². The highest BCUT2D eigenvalue weighted by Crippen LogP contribution is 2.40. The van der Waals surface area contributed by atoms with Crippen LogP contribution < -0.4 is 10.6 Å². The Morgan fingerprint density at radius 2 is 1.61 bits per heavy atom. The van der Waals surface area contributed by atoms with Gasteiger partial charge in [0.2, 0.25) is 11.8 Å². The number of para-hydroxylation sites is 1. The topological polar surface area (TPSA) is 58.2 Å². The fourth-order valence-electron chi connectivity index (χ4n) is 2.48. The average Bonchev–Trinajstić information content (AvgIpc) is 3.36. The summed E-state index contributed by atoms with van der Waals surface area (Å²) in [6, 6.07) is 17.2. The van der Waals surface area contributed by atoms with Gasteiger partial charge in [0.15, 0.2) is 0 Å². The Labute approximate surface area is 143 Å². The maximum absolute atomic E-state index is 12.2. The number of carbonyl (C=O) groups excluding carboxylic acids is 2. The normalized spacial score (nSPS) is 19.0. The van der Waals surface area contributed by atoms with Crippen LogP contribution in [0.2, 0.25) is 0 Å². The maximum atomic E-state index is 12.2. The van der Waals surface area contributed by atoms with Gasteiger partial charge in [0.25, 0.3) is 0 Å². The van der Waals surface area contributed by atoms with Crippen molar-refractivity contribution in [1.29, 1.82) is 0 Å². The van der Waals surface area contributed by atoms with Crippen LogP contribution in [0.1, 0.15) is 12.0 Å². The molecule has 0 aromatic heterocycles. The Morgan fingerprint density at radius 3 is 2.35 bits per heavy atom. The van der Waals surface area contributed by atoms with Gasteiger partial charge in [-0.15, -0.1) is 0 Å². The van der Waals surface area contributed by atoms with Crippen LogP contribution in [0.25, 0.3) is 0 Å². The number of nitrogens with one attached hydrogen (secondary N) is 2. The molecule has 1 aliphatic carbocycles. The van der Waals surface area contributed by atoms with Crippen LogP contribution in [-0.4, -0.2) is 11.8 Å². The van der Waals surface area contributed by atoms with Gasteiger partial charge in [-0.05, 0) is 40.0 Å². The standard InChI is InChI=1S/C18H17BrN2O2/c19-15-8-4-5-9-16(15)21-18(23)14-10-13(14)17(22)20-11-12-6-2-1-3-7-12/h1-9,13-14H,10-11H2,(H,20,22)(H,21,23). The quantitative estimate of drug-likeness (QED) is 0.845. The van der Waals surface area contributed by atoms with Gasteiger partial charge in [0.1, 0.15) is 0 Å². The predicted molar refractivity (Wildman–Crippen MR) is 92.7 cm³/mol. The highest BCUT2D eigenvalue weighted by Gasteiger charge is 2.47. The molecule has 0 saturated heterocycles. The molecule has 2 amide bonds. The molecule has 0 spiro atoms. The largest absolute Gasteiger partial charge is 0.352 e. The highest BCUT2D eigenvalue weighted by atomic mass is 79.9. The van der Waals surface area contributed by atoms with Gasteiger partial charge in [0.05, 0.1) is 17.5 Å². The SMILES string of the molecule is O=C(NCc1ccccc1)C1CC1C(=O)Nc1ccccc1Br. The lowest BCUT2D eigenvalue weighted by Gasteiger charge is -2.07. The summed E-state index contributed by atoms with van der Waals surface area (Å²) >= 11 is 3.40. The van der Waals surface area contributed by atoms with Crippen molar-refractivity contribution < 1.29 is 9.59 Å². The molecular weight excluding hydrogens is 356 g/mol. The van der Waals surface area contributed by atoms with Gasteiger partial charge < -0.3 is 10.6 Å². The molecular formula is C18H17BrN2O2. The summed E-state index contributed by atoms with van der Waals surface area (Å²) in [6.07, 6.45) is 0.608. The molecule has 5 heteroatoms. The maximum Gasteiger partial charge on any atom is 0.228 e. The lowest BCUT2D eigenvalue weighted by molar-refractivity contribution is -0.125. The number of rotatable bonds is 5. The van der Waals surface area contributed by atoms with Gasteiger partial charge in [-0.2, -0.15) is 0 Å². The number of benzene rings is 2. The Hall–Kier alpha value is -2.14. The molecule has 0 heterocycles. The summed E-state index contributed by atoms with van der Waals surface area (Å²) < 4.78 is 0.832. The first-order chi connectivity index (χ1) is 11.1. The zero-order valence-electron chi connectivity index (χ0n) is 12.5. The van der Waals surface area contributed by atoms with Gasteiger partial charge in [-0.1, -0.05) is 42.5 Å². The Kier molecular flexibility index (Phi) is 4.76. The third-order valence-electron chi connectivity index (χ3n) is 3.91. The molecule has 1 fully saturated rings. The lowest BCUT2D eigenvalue weighted by Crippen LogP contribution is -2.27. The van der Waals surface area contributed by atoms with Crippen LogP contribution in [0.5, 0.6) is 0 Å². The van der Waals surface area contributed by atoms with Crippen LogP contribution in [0.15, 0.2) is 59.1 Å². The second-order valence-electron chi connectivity index (χ2n) is 5.62. The summed E-state index contributed by atoms with van der Waals surface area (Å²) in [5.41, 5.74) is 1.78. The summed E-state index contributed by atoms with van der Waals surface area (Å²) in [7, 11) is 0. The molecule has 3 rings (SSSR count). The van der Waals surface area contributed by atoms with Crippen molar-refractivity contribution >= 4 is 33.4 Å². The van der Waals surface area contributed by atoms with E-state index in [-0.39, 0.29) is 23.7 Å². The van der Waals surface area contributed by atoms with Crippen molar-refractivity contribution in [3.63, 3.8) is 0 Å². The zero-order valence-corrected chi connectivity index (χ0v) is 14.0. The van der Waals surface area contributed by atoms with E-state index < -0.39 is 0 Å². The number of anilines is 1. The zero-order chi connectivity index (χ0) is 16.2. The summed E-state index contributed by atoms with van der Waals surface area (Å²) in [5, 5.41) is 5.76. The van der Waals surface area contributed by atoms with Gasteiger partial charge in [-0.3, -0.25) is 9.59 Å². The molecule has 0 radical (unpaired) electrons. The van der Waals surface area contributed by atoms with Crippen molar-refractivity contribution in [2.24, 2.45) is 11.8 Å². The molecule has 2 N–H and O–H groups in total. The summed E-state index contributed by atoms with van der Waals surface area (Å²) in [5.74, 6) is -0.614. The molecule has 2 aromatic rings. The lowest BCUT2D eigenvalue weighted by atomic mass is 10.2. The fourth-order valence-corrected chi connectivity index (χ4v) is 2.86. The Bertz CT molecular complexity index is 718. The van der Waals surface area contributed by atoms with Crippen molar-refractivity contribution in [1.82, 2.24) is 5.32 Å². The van der Waals surface area contributed by atoms with E-state index >= 15 is 0 Å². The predicted octanol–water partition coefficient (Wildman–Crippen LogP) is 3.34. The number of halogens is 1. The van der Waals surface area contributed by atoms with E-state index in [0.717, 1.165) is 15.7 Å². The molecule has 0 aliphatic heterocycles. The minimum atomic E-state index is -0.238. The van der Waals surface area contributed by atoms with E-state index in [9.17, 15) is 9.59 Å². The first-order valence-electron chi connectivity index (χ1n) is 7.52.